The van der Waals surface area contributed by atoms with Crippen molar-refractivity contribution in [3.05, 3.63) is 18.2 Å². The fourth-order valence-corrected chi connectivity index (χ4v) is 1.50. The van der Waals surface area contributed by atoms with Crippen LogP contribution in [0.5, 0.6) is 11.5 Å². The number of carbonyl (C=O) groups excluding carboxylic acids is 1. The average molecular weight is 297 g/mol. The summed E-state index contributed by atoms with van der Waals surface area (Å²) in [6, 6.07) is 4.91. The van der Waals surface area contributed by atoms with Crippen LogP contribution >= 0.6 is 34.8 Å². The largest absolute Gasteiger partial charge is 0.451 e. The first-order valence-corrected chi connectivity index (χ1v) is 5.85. The van der Waals surface area contributed by atoms with E-state index < -0.39 is 9.70 Å². The van der Waals surface area contributed by atoms with Crippen molar-refractivity contribution < 1.29 is 14.3 Å². The molecule has 0 aromatic heterocycles. The molecule has 1 aliphatic rings. The highest BCUT2D eigenvalue weighted by Gasteiger charge is 2.31. The molecule has 0 spiro atoms. The maximum atomic E-state index is 11.4. The summed E-state index contributed by atoms with van der Waals surface area (Å²) in [6.45, 7) is 1.76. The molecule has 1 aromatic rings. The number of amides is 1. The fraction of sp³-hybridized carbons (Fsp3) is 0.300. The molecule has 1 unspecified atom stereocenters. The first kappa shape index (κ1) is 12.6. The summed E-state index contributed by atoms with van der Waals surface area (Å²) in [4.78, 5) is 11.4. The number of hydrogen-bond acceptors (Lipinski definition) is 3. The summed E-state index contributed by atoms with van der Waals surface area (Å²) < 4.78 is 8.67. The first-order valence-electron chi connectivity index (χ1n) is 4.72. The number of nitrogens with one attached hydrogen (secondary N) is 1. The lowest BCUT2D eigenvalue weighted by Crippen LogP contribution is -2.26. The van der Waals surface area contributed by atoms with E-state index in [1.807, 2.05) is 0 Å². The van der Waals surface area contributed by atoms with E-state index in [-0.39, 0.29) is 6.29 Å². The minimum Gasteiger partial charge on any atom is -0.451 e. The fourth-order valence-electron chi connectivity index (χ4n) is 1.36. The number of ether oxygens (including phenoxy) is 2. The molecule has 0 bridgehead atoms. The third kappa shape index (κ3) is 2.89. The van der Waals surface area contributed by atoms with Gasteiger partial charge in [0.1, 0.15) is 0 Å². The van der Waals surface area contributed by atoms with Gasteiger partial charge in [-0.1, -0.05) is 34.8 Å². The van der Waals surface area contributed by atoms with E-state index >= 15 is 0 Å². The van der Waals surface area contributed by atoms with Gasteiger partial charge in [0.25, 0.3) is 9.70 Å². The summed E-state index contributed by atoms with van der Waals surface area (Å²) in [5.41, 5.74) is 0.470. The van der Waals surface area contributed by atoms with Gasteiger partial charge in [-0.15, -0.1) is 0 Å². The van der Waals surface area contributed by atoms with Crippen LogP contribution in [0.25, 0.3) is 0 Å². The molecule has 1 N–H and O–H groups in total. The van der Waals surface area contributed by atoms with Gasteiger partial charge in [-0.05, 0) is 12.1 Å². The molecule has 92 valence electrons. The van der Waals surface area contributed by atoms with Crippen molar-refractivity contribution in [2.45, 2.75) is 17.0 Å². The van der Waals surface area contributed by atoms with Crippen LogP contribution in [0.15, 0.2) is 18.2 Å². The Morgan fingerprint density at radius 1 is 1.29 bits per heavy atom. The lowest BCUT2D eigenvalue weighted by Gasteiger charge is -2.11. The number of alkyl halides is 3. The zero-order valence-corrected chi connectivity index (χ0v) is 10.9. The number of halogens is 3. The summed E-state index contributed by atoms with van der Waals surface area (Å²) in [6.07, 6.45) is -0.343. The van der Waals surface area contributed by atoms with Gasteiger partial charge in [-0.25, -0.2) is 0 Å². The maximum absolute atomic E-state index is 11.4. The Bertz CT molecular complexity index is 459. The molecular formula is C10H8Cl3NO3. The summed E-state index contributed by atoms with van der Waals surface area (Å²) in [7, 11) is 0. The summed E-state index contributed by atoms with van der Waals surface area (Å²) in [5, 5.41) is 2.46. The topological polar surface area (TPSA) is 47.6 Å². The molecule has 0 saturated carbocycles. The molecule has 1 heterocycles. The van der Waals surface area contributed by atoms with E-state index in [1.54, 1.807) is 25.1 Å². The number of hydrogen-bond donors (Lipinski definition) is 1. The molecule has 1 atom stereocenters. The zero-order valence-electron chi connectivity index (χ0n) is 8.67. The van der Waals surface area contributed by atoms with Crippen molar-refractivity contribution in [1.82, 2.24) is 0 Å². The monoisotopic (exact) mass is 295 g/mol. The predicted molar refractivity (Wildman–Crippen MR) is 66.1 cm³/mol. The third-order valence-electron chi connectivity index (χ3n) is 2.04. The van der Waals surface area contributed by atoms with E-state index in [0.717, 1.165) is 0 Å². The standard InChI is InChI=1S/C10H8Cl3NO3/c1-5-16-7-3-2-6(4-8(7)17-5)14-9(15)10(11,12)13/h2-5H,1H3,(H,14,15). The van der Waals surface area contributed by atoms with Crippen molar-refractivity contribution in [2.24, 2.45) is 0 Å². The van der Waals surface area contributed by atoms with Crippen molar-refractivity contribution >= 4 is 46.4 Å². The van der Waals surface area contributed by atoms with Crippen LogP contribution in [-0.4, -0.2) is 16.0 Å². The Morgan fingerprint density at radius 3 is 2.59 bits per heavy atom. The van der Waals surface area contributed by atoms with E-state index in [2.05, 4.69) is 5.32 Å². The van der Waals surface area contributed by atoms with E-state index in [1.165, 1.54) is 0 Å². The van der Waals surface area contributed by atoms with E-state index in [0.29, 0.717) is 17.2 Å². The van der Waals surface area contributed by atoms with Crippen molar-refractivity contribution in [3.8, 4) is 11.5 Å². The number of carbonyl (C=O) groups is 1. The van der Waals surface area contributed by atoms with Crippen LogP contribution in [0.3, 0.4) is 0 Å². The van der Waals surface area contributed by atoms with Crippen molar-refractivity contribution in [1.29, 1.82) is 0 Å². The van der Waals surface area contributed by atoms with Crippen LogP contribution in [0.2, 0.25) is 0 Å². The molecule has 17 heavy (non-hydrogen) atoms. The molecule has 0 saturated heterocycles. The second kappa shape index (κ2) is 4.44. The second-order valence-electron chi connectivity index (χ2n) is 3.42. The van der Waals surface area contributed by atoms with Gasteiger partial charge in [0.05, 0.1) is 0 Å². The van der Waals surface area contributed by atoms with Gasteiger partial charge < -0.3 is 14.8 Å². The molecular weight excluding hydrogens is 288 g/mol. The minimum atomic E-state index is -2.00. The Hall–Kier alpha value is -0.840. The molecule has 1 aliphatic heterocycles. The number of fused-ring (bicyclic) bond motifs is 1. The SMILES string of the molecule is CC1Oc2ccc(NC(=O)C(Cl)(Cl)Cl)cc2O1. The Morgan fingerprint density at radius 2 is 1.94 bits per heavy atom. The molecule has 0 radical (unpaired) electrons. The van der Waals surface area contributed by atoms with Gasteiger partial charge in [0.2, 0.25) is 6.29 Å². The van der Waals surface area contributed by atoms with Crippen LogP contribution < -0.4 is 14.8 Å². The van der Waals surface area contributed by atoms with Gasteiger partial charge in [-0.3, -0.25) is 4.79 Å². The lowest BCUT2D eigenvalue weighted by molar-refractivity contribution is -0.115. The second-order valence-corrected chi connectivity index (χ2v) is 5.70. The number of rotatable bonds is 1. The van der Waals surface area contributed by atoms with Gasteiger partial charge >= 0.3 is 0 Å². The molecule has 7 heteroatoms. The smallest absolute Gasteiger partial charge is 0.276 e. The third-order valence-corrected chi connectivity index (χ3v) is 2.56. The van der Waals surface area contributed by atoms with Gasteiger partial charge in [0, 0.05) is 18.7 Å². The molecule has 2 rings (SSSR count). The molecule has 0 fully saturated rings. The minimum absolute atomic E-state index is 0.343. The first-order chi connectivity index (χ1) is 7.86. The van der Waals surface area contributed by atoms with Crippen LogP contribution in [0, 0.1) is 0 Å². The molecule has 0 aliphatic carbocycles. The van der Waals surface area contributed by atoms with Crippen LogP contribution in [0.1, 0.15) is 6.92 Å². The molecule has 1 amide bonds. The van der Waals surface area contributed by atoms with Crippen LogP contribution in [-0.2, 0) is 4.79 Å². The average Bonchev–Trinajstić information content (AvgIpc) is 2.55. The highest BCUT2D eigenvalue weighted by Crippen LogP contribution is 2.37. The zero-order chi connectivity index (χ0) is 12.6. The predicted octanol–water partition coefficient (Wildman–Crippen LogP) is 3.11. The molecule has 1 aromatic carbocycles. The summed E-state index contributed by atoms with van der Waals surface area (Å²) >= 11 is 16.3. The quantitative estimate of drug-likeness (QED) is 0.810. The number of anilines is 1. The van der Waals surface area contributed by atoms with Gasteiger partial charge in [-0.2, -0.15) is 0 Å². The lowest BCUT2D eigenvalue weighted by atomic mass is 10.3. The Balaban J connectivity index is 2.15. The molecule has 4 nitrogen and oxygen atoms in total. The normalized spacial score (nSPS) is 18.0. The highest BCUT2D eigenvalue weighted by atomic mass is 35.6. The summed E-state index contributed by atoms with van der Waals surface area (Å²) in [5.74, 6) is 0.429. The highest BCUT2D eigenvalue weighted by molar-refractivity contribution is 6.76. The van der Waals surface area contributed by atoms with E-state index in [4.69, 9.17) is 44.3 Å². The number of benzene rings is 1. The maximum Gasteiger partial charge on any atom is 0.276 e. The van der Waals surface area contributed by atoms with E-state index in [9.17, 15) is 4.79 Å². The van der Waals surface area contributed by atoms with Crippen molar-refractivity contribution in [2.75, 3.05) is 5.32 Å². The Labute approximate surface area is 113 Å². The van der Waals surface area contributed by atoms with Crippen molar-refractivity contribution in [3.63, 3.8) is 0 Å². The Kier molecular flexibility index (Phi) is 3.30. The van der Waals surface area contributed by atoms with Crippen LogP contribution in [0.4, 0.5) is 5.69 Å². The van der Waals surface area contributed by atoms with Gasteiger partial charge in [0.15, 0.2) is 11.5 Å².